The Hall–Kier alpha value is -3.32. The van der Waals surface area contributed by atoms with Gasteiger partial charge in [0.2, 0.25) is 5.91 Å². The van der Waals surface area contributed by atoms with Crippen LogP contribution >= 0.6 is 15.9 Å². The highest BCUT2D eigenvalue weighted by molar-refractivity contribution is 9.10. The van der Waals surface area contributed by atoms with Crippen LogP contribution in [-0.4, -0.2) is 29.4 Å². The fourth-order valence-electron chi connectivity index (χ4n) is 2.81. The Kier molecular flexibility index (Phi) is 7.08. The molecule has 3 aromatic rings. The Labute approximate surface area is 182 Å². The monoisotopic (exact) mass is 466 g/mol. The highest BCUT2D eigenvalue weighted by atomic mass is 79.9. The number of esters is 1. The lowest BCUT2D eigenvalue weighted by Crippen LogP contribution is -2.35. The zero-order chi connectivity index (χ0) is 21.5. The molecule has 152 valence electrons. The first-order valence-electron chi connectivity index (χ1n) is 9.19. The van der Waals surface area contributed by atoms with E-state index in [0.717, 1.165) is 21.3 Å². The highest BCUT2D eigenvalue weighted by Crippen LogP contribution is 2.22. The van der Waals surface area contributed by atoms with Gasteiger partial charge in [-0.25, -0.2) is 4.79 Å². The van der Waals surface area contributed by atoms with Crippen molar-refractivity contribution in [3.63, 3.8) is 0 Å². The standard InChI is InChI=1S/C23H19BrN2O4/c1-15-19(10-11-20(25-15)17-8-5-9-18(24)13-17)23(29)30-14-22(28)26-21(27)12-16-6-3-2-4-7-16/h2-11,13H,12,14H2,1H3,(H,26,27,28). The van der Waals surface area contributed by atoms with E-state index < -0.39 is 24.4 Å². The average Bonchev–Trinajstić information content (AvgIpc) is 2.72. The number of nitrogens with one attached hydrogen (secondary N) is 1. The van der Waals surface area contributed by atoms with E-state index >= 15 is 0 Å². The van der Waals surface area contributed by atoms with Crippen LogP contribution < -0.4 is 5.32 Å². The molecule has 0 saturated carbocycles. The summed E-state index contributed by atoms with van der Waals surface area (Å²) in [6.07, 6.45) is 0.0701. The number of hydrogen-bond donors (Lipinski definition) is 1. The molecule has 30 heavy (non-hydrogen) atoms. The van der Waals surface area contributed by atoms with Crippen LogP contribution in [0.4, 0.5) is 0 Å². The third-order valence-electron chi connectivity index (χ3n) is 4.25. The second-order valence-corrected chi connectivity index (χ2v) is 7.47. The SMILES string of the molecule is Cc1nc(-c2cccc(Br)c2)ccc1C(=O)OCC(=O)NC(=O)Cc1ccccc1. The molecule has 0 radical (unpaired) electrons. The molecule has 0 saturated heterocycles. The molecule has 3 rings (SSSR count). The Morgan fingerprint density at radius 1 is 0.967 bits per heavy atom. The second-order valence-electron chi connectivity index (χ2n) is 6.55. The number of amides is 2. The molecule has 0 bridgehead atoms. The molecule has 0 aliphatic heterocycles. The van der Waals surface area contributed by atoms with Crippen molar-refractivity contribution in [2.24, 2.45) is 0 Å². The molecule has 0 aliphatic rings. The Balaban J connectivity index is 1.55. The van der Waals surface area contributed by atoms with Crippen LogP contribution in [0, 0.1) is 6.92 Å². The summed E-state index contributed by atoms with van der Waals surface area (Å²) in [5.41, 5.74) is 3.15. The first-order chi connectivity index (χ1) is 14.4. The molecule has 0 aliphatic carbocycles. The first kappa shape index (κ1) is 21.4. The van der Waals surface area contributed by atoms with Crippen molar-refractivity contribution in [3.05, 3.63) is 88.0 Å². The van der Waals surface area contributed by atoms with Gasteiger partial charge in [-0.1, -0.05) is 58.4 Å². The van der Waals surface area contributed by atoms with E-state index in [1.165, 1.54) is 0 Å². The lowest BCUT2D eigenvalue weighted by Gasteiger charge is -2.09. The molecular formula is C23H19BrN2O4. The lowest BCUT2D eigenvalue weighted by atomic mass is 10.1. The van der Waals surface area contributed by atoms with Crippen LogP contribution in [0.5, 0.6) is 0 Å². The number of nitrogens with zero attached hydrogens (tertiary/aromatic N) is 1. The maximum absolute atomic E-state index is 12.3. The van der Waals surface area contributed by atoms with Crippen LogP contribution in [0.15, 0.2) is 71.2 Å². The van der Waals surface area contributed by atoms with Crippen molar-refractivity contribution in [3.8, 4) is 11.3 Å². The second kappa shape index (κ2) is 9.93. The zero-order valence-corrected chi connectivity index (χ0v) is 17.8. The summed E-state index contributed by atoms with van der Waals surface area (Å²) in [5.74, 6) is -1.81. The van der Waals surface area contributed by atoms with Crippen molar-refractivity contribution >= 4 is 33.7 Å². The third kappa shape index (κ3) is 5.84. The summed E-state index contributed by atoms with van der Waals surface area (Å²) in [4.78, 5) is 40.6. The minimum atomic E-state index is -0.680. The van der Waals surface area contributed by atoms with Crippen LogP contribution in [0.2, 0.25) is 0 Å². The molecule has 0 atom stereocenters. The van der Waals surface area contributed by atoms with Crippen molar-refractivity contribution < 1.29 is 19.1 Å². The molecule has 7 heteroatoms. The number of ether oxygens (including phenoxy) is 1. The maximum atomic E-state index is 12.3. The molecule has 0 fully saturated rings. The number of rotatable bonds is 6. The van der Waals surface area contributed by atoms with Gasteiger partial charge in [0.1, 0.15) is 0 Å². The molecule has 1 heterocycles. The normalized spacial score (nSPS) is 10.3. The van der Waals surface area contributed by atoms with Gasteiger partial charge in [0.05, 0.1) is 23.4 Å². The summed E-state index contributed by atoms with van der Waals surface area (Å²) < 4.78 is 5.96. The van der Waals surface area contributed by atoms with Gasteiger partial charge in [-0.2, -0.15) is 0 Å². The summed E-state index contributed by atoms with van der Waals surface area (Å²) >= 11 is 3.42. The van der Waals surface area contributed by atoms with Gasteiger partial charge in [-0.15, -0.1) is 0 Å². The van der Waals surface area contributed by atoms with Crippen molar-refractivity contribution in [2.75, 3.05) is 6.61 Å². The Morgan fingerprint density at radius 3 is 2.43 bits per heavy atom. The fourth-order valence-corrected chi connectivity index (χ4v) is 3.21. The number of aromatic nitrogens is 1. The minimum Gasteiger partial charge on any atom is -0.452 e. The molecule has 2 aromatic carbocycles. The molecule has 1 aromatic heterocycles. The number of hydrogen-bond acceptors (Lipinski definition) is 5. The van der Waals surface area contributed by atoms with E-state index in [1.54, 1.807) is 31.2 Å². The smallest absolute Gasteiger partial charge is 0.340 e. The van der Waals surface area contributed by atoms with Gasteiger partial charge in [0.25, 0.3) is 5.91 Å². The highest BCUT2D eigenvalue weighted by Gasteiger charge is 2.16. The number of aryl methyl sites for hydroxylation is 1. The Morgan fingerprint density at radius 2 is 1.73 bits per heavy atom. The van der Waals surface area contributed by atoms with E-state index in [1.807, 2.05) is 42.5 Å². The van der Waals surface area contributed by atoms with E-state index in [2.05, 4.69) is 26.2 Å². The zero-order valence-electron chi connectivity index (χ0n) is 16.2. The summed E-state index contributed by atoms with van der Waals surface area (Å²) in [6.45, 7) is 1.15. The molecule has 6 nitrogen and oxygen atoms in total. The summed E-state index contributed by atoms with van der Waals surface area (Å²) in [6, 6.07) is 20.0. The average molecular weight is 467 g/mol. The Bertz CT molecular complexity index is 1080. The van der Waals surface area contributed by atoms with Crippen molar-refractivity contribution in [1.82, 2.24) is 10.3 Å². The molecular weight excluding hydrogens is 448 g/mol. The van der Waals surface area contributed by atoms with Crippen LogP contribution in [-0.2, 0) is 20.7 Å². The van der Waals surface area contributed by atoms with Gasteiger partial charge in [-0.05, 0) is 36.8 Å². The fraction of sp³-hybridized carbons (Fsp3) is 0.130. The predicted molar refractivity (Wildman–Crippen MR) is 116 cm³/mol. The molecule has 0 unspecified atom stereocenters. The summed E-state index contributed by atoms with van der Waals surface area (Å²) in [5, 5.41) is 2.21. The van der Waals surface area contributed by atoms with E-state index in [4.69, 9.17) is 4.74 Å². The number of imide groups is 1. The molecule has 0 spiro atoms. The largest absolute Gasteiger partial charge is 0.452 e. The van der Waals surface area contributed by atoms with E-state index in [-0.39, 0.29) is 12.0 Å². The van der Waals surface area contributed by atoms with Gasteiger partial charge in [0, 0.05) is 10.0 Å². The number of carbonyl (C=O) groups excluding carboxylic acids is 3. The van der Waals surface area contributed by atoms with Crippen molar-refractivity contribution in [2.45, 2.75) is 13.3 Å². The van der Waals surface area contributed by atoms with E-state index in [0.29, 0.717) is 5.69 Å². The van der Waals surface area contributed by atoms with Gasteiger partial charge < -0.3 is 4.74 Å². The quantitative estimate of drug-likeness (QED) is 0.557. The van der Waals surface area contributed by atoms with Crippen molar-refractivity contribution in [1.29, 1.82) is 0 Å². The topological polar surface area (TPSA) is 85.4 Å². The van der Waals surface area contributed by atoms with Crippen LogP contribution in [0.25, 0.3) is 11.3 Å². The number of halogens is 1. The predicted octanol–water partition coefficient (Wildman–Crippen LogP) is 3.86. The molecule has 2 amide bonds. The van der Waals surface area contributed by atoms with Crippen LogP contribution in [0.3, 0.4) is 0 Å². The number of pyridine rings is 1. The van der Waals surface area contributed by atoms with Gasteiger partial charge in [-0.3, -0.25) is 19.9 Å². The summed E-state index contributed by atoms with van der Waals surface area (Å²) in [7, 11) is 0. The molecule has 1 N–H and O–H groups in total. The number of carbonyl (C=O) groups is 3. The van der Waals surface area contributed by atoms with E-state index in [9.17, 15) is 14.4 Å². The van der Waals surface area contributed by atoms with Gasteiger partial charge >= 0.3 is 5.97 Å². The first-order valence-corrected chi connectivity index (χ1v) is 9.99. The lowest BCUT2D eigenvalue weighted by molar-refractivity contribution is -0.132. The maximum Gasteiger partial charge on any atom is 0.340 e. The minimum absolute atomic E-state index is 0.0701. The number of benzene rings is 2. The van der Waals surface area contributed by atoms with Gasteiger partial charge in [0.15, 0.2) is 6.61 Å². The van der Waals surface area contributed by atoms with Crippen LogP contribution in [0.1, 0.15) is 21.6 Å². The third-order valence-corrected chi connectivity index (χ3v) is 4.74.